The fourth-order valence-corrected chi connectivity index (χ4v) is 2.71. The zero-order valence-corrected chi connectivity index (χ0v) is 11.9. The van der Waals surface area contributed by atoms with Gasteiger partial charge in [-0.15, -0.1) is 0 Å². The second kappa shape index (κ2) is 6.34. The molecule has 0 spiro atoms. The Morgan fingerprint density at radius 1 is 1.50 bits per heavy atom. The smallest absolute Gasteiger partial charge is 0.0951 e. The normalized spacial score (nSPS) is 25.5. The Labute approximate surface area is 110 Å². The van der Waals surface area contributed by atoms with Gasteiger partial charge in [0, 0.05) is 31.4 Å². The van der Waals surface area contributed by atoms with Crippen LogP contribution >= 0.6 is 0 Å². The Hall–Kier alpha value is -0.870. The maximum atomic E-state index is 4.33. The Bertz CT molecular complexity index is 360. The molecule has 2 atom stereocenters. The number of nitrogens with zero attached hydrogens (tertiary/aromatic N) is 3. The highest BCUT2D eigenvalue weighted by molar-refractivity contribution is 5.01. The lowest BCUT2D eigenvalue weighted by molar-refractivity contribution is 0.155. The van der Waals surface area contributed by atoms with E-state index in [2.05, 4.69) is 40.7 Å². The van der Waals surface area contributed by atoms with E-state index in [0.29, 0.717) is 12.1 Å². The molecule has 4 heteroatoms. The van der Waals surface area contributed by atoms with Gasteiger partial charge in [-0.05, 0) is 39.8 Å². The molecule has 0 radical (unpaired) electrons. The second-order valence-electron chi connectivity index (χ2n) is 5.48. The van der Waals surface area contributed by atoms with Crippen LogP contribution in [0, 0.1) is 0 Å². The second-order valence-corrected chi connectivity index (χ2v) is 5.48. The minimum absolute atomic E-state index is 0.622. The van der Waals surface area contributed by atoms with Crippen LogP contribution in [0.3, 0.4) is 0 Å². The molecule has 1 N–H and O–H groups in total. The number of aromatic nitrogens is 2. The molecule has 1 aliphatic heterocycles. The van der Waals surface area contributed by atoms with Crippen LogP contribution in [0.1, 0.15) is 44.8 Å². The van der Waals surface area contributed by atoms with Gasteiger partial charge >= 0.3 is 0 Å². The highest BCUT2D eigenvalue weighted by Crippen LogP contribution is 2.26. The lowest BCUT2D eigenvalue weighted by atomic mass is 9.98. The van der Waals surface area contributed by atoms with Gasteiger partial charge in [0.25, 0.3) is 0 Å². The predicted octanol–water partition coefficient (Wildman–Crippen LogP) is 2.04. The lowest BCUT2D eigenvalue weighted by Gasteiger charge is -2.36. The van der Waals surface area contributed by atoms with Crippen molar-refractivity contribution in [2.24, 2.45) is 0 Å². The van der Waals surface area contributed by atoms with Crippen molar-refractivity contribution in [3.05, 3.63) is 18.2 Å². The summed E-state index contributed by atoms with van der Waals surface area (Å²) in [5.74, 6) is 0. The maximum absolute atomic E-state index is 4.33. The molecule has 4 nitrogen and oxygen atoms in total. The topological polar surface area (TPSA) is 33.1 Å². The zero-order chi connectivity index (χ0) is 13.0. The molecule has 18 heavy (non-hydrogen) atoms. The standard InChI is InChI=1S/C14H26N4/c1-4-6-15-9-14-10-16-11-18(14)13-5-7-17(3)12(2)8-13/h10-13,15H,4-9H2,1-3H3. The van der Waals surface area contributed by atoms with Crippen molar-refractivity contribution in [1.82, 2.24) is 19.8 Å². The lowest BCUT2D eigenvalue weighted by Crippen LogP contribution is -2.38. The first-order valence-corrected chi connectivity index (χ1v) is 7.14. The average Bonchev–Trinajstić information content (AvgIpc) is 2.81. The van der Waals surface area contributed by atoms with E-state index in [0.717, 1.165) is 13.1 Å². The average molecular weight is 250 g/mol. The first-order chi connectivity index (χ1) is 8.72. The SMILES string of the molecule is CCCNCc1cncn1C1CCN(C)C(C)C1. The van der Waals surface area contributed by atoms with Crippen LogP contribution in [-0.2, 0) is 6.54 Å². The minimum atomic E-state index is 0.622. The van der Waals surface area contributed by atoms with E-state index >= 15 is 0 Å². The van der Waals surface area contributed by atoms with Crippen LogP contribution in [0.15, 0.2) is 12.5 Å². The number of hydrogen-bond acceptors (Lipinski definition) is 3. The van der Waals surface area contributed by atoms with Gasteiger partial charge in [-0.2, -0.15) is 0 Å². The number of likely N-dealkylation sites (tertiary alicyclic amines) is 1. The summed E-state index contributed by atoms with van der Waals surface area (Å²) in [6.07, 6.45) is 7.66. The summed E-state index contributed by atoms with van der Waals surface area (Å²) >= 11 is 0. The number of imidazole rings is 1. The molecule has 0 saturated carbocycles. The van der Waals surface area contributed by atoms with E-state index in [9.17, 15) is 0 Å². The first-order valence-electron chi connectivity index (χ1n) is 7.14. The summed E-state index contributed by atoms with van der Waals surface area (Å²) in [7, 11) is 2.22. The van der Waals surface area contributed by atoms with E-state index in [-0.39, 0.29) is 0 Å². The third-order valence-corrected chi connectivity index (χ3v) is 4.05. The Kier molecular flexibility index (Phi) is 4.78. The largest absolute Gasteiger partial charge is 0.330 e. The maximum Gasteiger partial charge on any atom is 0.0951 e. The van der Waals surface area contributed by atoms with Gasteiger partial charge in [-0.3, -0.25) is 0 Å². The predicted molar refractivity (Wildman–Crippen MR) is 74.6 cm³/mol. The molecule has 0 amide bonds. The van der Waals surface area contributed by atoms with Crippen LogP contribution in [0.2, 0.25) is 0 Å². The van der Waals surface area contributed by atoms with Crippen molar-refractivity contribution in [3.8, 4) is 0 Å². The van der Waals surface area contributed by atoms with Gasteiger partial charge in [0.1, 0.15) is 0 Å². The number of nitrogens with one attached hydrogen (secondary N) is 1. The van der Waals surface area contributed by atoms with E-state index < -0.39 is 0 Å². The molecule has 0 bridgehead atoms. The molecule has 2 heterocycles. The molecule has 1 fully saturated rings. The third-order valence-electron chi connectivity index (χ3n) is 4.05. The monoisotopic (exact) mass is 250 g/mol. The van der Waals surface area contributed by atoms with Gasteiger partial charge < -0.3 is 14.8 Å². The quantitative estimate of drug-likeness (QED) is 0.812. The van der Waals surface area contributed by atoms with E-state index in [1.54, 1.807) is 0 Å². The van der Waals surface area contributed by atoms with Crippen molar-refractivity contribution < 1.29 is 0 Å². The highest BCUT2D eigenvalue weighted by Gasteiger charge is 2.24. The van der Waals surface area contributed by atoms with E-state index in [1.807, 2.05) is 12.5 Å². The summed E-state index contributed by atoms with van der Waals surface area (Å²) in [5, 5.41) is 3.47. The summed E-state index contributed by atoms with van der Waals surface area (Å²) in [5.41, 5.74) is 1.32. The molecule has 0 aliphatic carbocycles. The fraction of sp³-hybridized carbons (Fsp3) is 0.786. The van der Waals surface area contributed by atoms with E-state index in [1.165, 1.54) is 31.5 Å². The fourth-order valence-electron chi connectivity index (χ4n) is 2.71. The molecular formula is C14H26N4. The molecule has 1 aliphatic rings. The first kappa shape index (κ1) is 13.6. The van der Waals surface area contributed by atoms with E-state index in [4.69, 9.17) is 0 Å². The summed E-state index contributed by atoms with van der Waals surface area (Å²) < 4.78 is 2.38. The van der Waals surface area contributed by atoms with Crippen LogP contribution < -0.4 is 5.32 Å². The Morgan fingerprint density at radius 2 is 2.33 bits per heavy atom. The van der Waals surface area contributed by atoms with Gasteiger partial charge in [-0.1, -0.05) is 6.92 Å². The molecule has 1 aromatic heterocycles. The van der Waals surface area contributed by atoms with Crippen molar-refractivity contribution in [2.75, 3.05) is 20.1 Å². The molecule has 102 valence electrons. The molecule has 2 unspecified atom stereocenters. The molecular weight excluding hydrogens is 224 g/mol. The summed E-state index contributed by atoms with van der Waals surface area (Å²) in [6.45, 7) is 7.72. The third kappa shape index (κ3) is 3.12. The van der Waals surface area contributed by atoms with Gasteiger partial charge in [0.05, 0.1) is 12.0 Å². The molecule has 0 aromatic carbocycles. The van der Waals surface area contributed by atoms with Crippen LogP contribution in [0.25, 0.3) is 0 Å². The molecule has 1 saturated heterocycles. The summed E-state index contributed by atoms with van der Waals surface area (Å²) in [6, 6.07) is 1.29. The zero-order valence-electron chi connectivity index (χ0n) is 11.9. The molecule has 2 rings (SSSR count). The van der Waals surface area contributed by atoms with Gasteiger partial charge in [-0.25, -0.2) is 4.98 Å². The number of rotatable bonds is 5. The van der Waals surface area contributed by atoms with Gasteiger partial charge in [0.2, 0.25) is 0 Å². The highest BCUT2D eigenvalue weighted by atomic mass is 15.2. The molecule has 1 aromatic rings. The minimum Gasteiger partial charge on any atom is -0.330 e. The van der Waals surface area contributed by atoms with Crippen LogP contribution in [0.4, 0.5) is 0 Å². The van der Waals surface area contributed by atoms with Crippen LogP contribution in [0.5, 0.6) is 0 Å². The number of piperidine rings is 1. The number of hydrogen-bond donors (Lipinski definition) is 1. The van der Waals surface area contributed by atoms with Crippen molar-refractivity contribution in [1.29, 1.82) is 0 Å². The Morgan fingerprint density at radius 3 is 3.06 bits per heavy atom. The van der Waals surface area contributed by atoms with Crippen molar-refractivity contribution in [3.63, 3.8) is 0 Å². The Balaban J connectivity index is 1.98. The van der Waals surface area contributed by atoms with Gasteiger partial charge in [0.15, 0.2) is 0 Å². The van der Waals surface area contributed by atoms with Crippen LogP contribution in [-0.4, -0.2) is 40.6 Å². The van der Waals surface area contributed by atoms with Crippen molar-refractivity contribution >= 4 is 0 Å². The van der Waals surface area contributed by atoms with Crippen molar-refractivity contribution in [2.45, 2.75) is 51.7 Å². The summed E-state index contributed by atoms with van der Waals surface area (Å²) in [4.78, 5) is 6.78.